The average molecular weight is 507 g/mol. The van der Waals surface area contributed by atoms with Crippen LogP contribution in [0.2, 0.25) is 0 Å². The summed E-state index contributed by atoms with van der Waals surface area (Å²) in [5.74, 6) is -0.474. The molecule has 190 valence electrons. The fourth-order valence-electron chi connectivity index (χ4n) is 4.32. The molecule has 4 aromatic carbocycles. The third kappa shape index (κ3) is 4.99. The van der Waals surface area contributed by atoms with Crippen molar-refractivity contribution in [2.75, 3.05) is 12.0 Å². The maximum atomic E-state index is 13.2. The molecule has 1 aliphatic rings. The summed E-state index contributed by atoms with van der Waals surface area (Å²) in [6.45, 7) is 2.36. The van der Waals surface area contributed by atoms with Crippen LogP contribution in [0.5, 0.6) is 11.5 Å². The Morgan fingerprint density at radius 3 is 2.29 bits per heavy atom. The Balaban J connectivity index is 1.37. The van der Waals surface area contributed by atoms with Gasteiger partial charge in [0.05, 0.1) is 12.8 Å². The SMILES string of the molecule is CCc1ccc(N2C(=O)NC(=O)/C(=C/c3ccc(OCc4ccc5ccccc5c4)c(OC)c3)C2=O)cc1. The summed E-state index contributed by atoms with van der Waals surface area (Å²) in [7, 11) is 1.52. The van der Waals surface area contributed by atoms with Gasteiger partial charge in [-0.1, -0.05) is 61.5 Å². The zero-order chi connectivity index (χ0) is 26.6. The van der Waals surface area contributed by atoms with Gasteiger partial charge in [0.2, 0.25) is 0 Å². The van der Waals surface area contributed by atoms with Crippen LogP contribution < -0.4 is 19.7 Å². The Kier molecular flexibility index (Phi) is 6.91. The van der Waals surface area contributed by atoms with Crippen molar-refractivity contribution in [3.8, 4) is 11.5 Å². The second-order valence-electron chi connectivity index (χ2n) is 8.86. The Morgan fingerprint density at radius 2 is 1.55 bits per heavy atom. The van der Waals surface area contributed by atoms with Gasteiger partial charge in [0.15, 0.2) is 11.5 Å². The van der Waals surface area contributed by atoms with Crippen LogP contribution in [-0.2, 0) is 22.6 Å². The van der Waals surface area contributed by atoms with E-state index in [0.717, 1.165) is 33.2 Å². The van der Waals surface area contributed by atoms with E-state index in [1.54, 1.807) is 30.3 Å². The van der Waals surface area contributed by atoms with E-state index in [2.05, 4.69) is 29.6 Å². The molecular formula is C31H26N2O5. The Hall–Kier alpha value is -4.91. The molecule has 0 saturated carbocycles. The van der Waals surface area contributed by atoms with Gasteiger partial charge in [0.25, 0.3) is 11.8 Å². The van der Waals surface area contributed by atoms with E-state index in [0.29, 0.717) is 29.4 Å². The zero-order valence-electron chi connectivity index (χ0n) is 21.1. The summed E-state index contributed by atoms with van der Waals surface area (Å²) in [6.07, 6.45) is 2.26. The number of ether oxygens (including phenoxy) is 2. The molecule has 7 heteroatoms. The number of hydrogen-bond acceptors (Lipinski definition) is 5. The molecule has 0 aromatic heterocycles. The number of carbonyl (C=O) groups excluding carboxylic acids is 3. The minimum Gasteiger partial charge on any atom is -0.493 e. The third-order valence-electron chi connectivity index (χ3n) is 6.41. The quantitative estimate of drug-likeness (QED) is 0.258. The van der Waals surface area contributed by atoms with Gasteiger partial charge in [-0.2, -0.15) is 0 Å². The van der Waals surface area contributed by atoms with Crippen LogP contribution >= 0.6 is 0 Å². The molecule has 0 bridgehead atoms. The first-order valence-corrected chi connectivity index (χ1v) is 12.3. The Labute approximate surface area is 220 Å². The number of aryl methyl sites for hydroxylation is 1. The highest BCUT2D eigenvalue weighted by Crippen LogP contribution is 2.31. The van der Waals surface area contributed by atoms with Gasteiger partial charge >= 0.3 is 6.03 Å². The van der Waals surface area contributed by atoms with E-state index in [-0.39, 0.29) is 5.57 Å². The van der Waals surface area contributed by atoms with Crippen LogP contribution in [0.25, 0.3) is 16.8 Å². The van der Waals surface area contributed by atoms with Crippen molar-refractivity contribution in [3.05, 3.63) is 107 Å². The van der Waals surface area contributed by atoms with Crippen molar-refractivity contribution in [2.24, 2.45) is 0 Å². The summed E-state index contributed by atoms with van der Waals surface area (Å²) < 4.78 is 11.5. The molecule has 1 fully saturated rings. The Bertz CT molecular complexity index is 1570. The lowest BCUT2D eigenvalue weighted by Crippen LogP contribution is -2.54. The summed E-state index contributed by atoms with van der Waals surface area (Å²) in [5, 5.41) is 4.54. The number of nitrogens with one attached hydrogen (secondary N) is 1. The van der Waals surface area contributed by atoms with E-state index in [4.69, 9.17) is 9.47 Å². The number of rotatable bonds is 7. The molecule has 1 aliphatic heterocycles. The van der Waals surface area contributed by atoms with Gasteiger partial charge in [-0.05, 0) is 70.3 Å². The number of anilines is 1. The van der Waals surface area contributed by atoms with Crippen LogP contribution in [-0.4, -0.2) is 25.0 Å². The lowest BCUT2D eigenvalue weighted by Gasteiger charge is -2.26. The van der Waals surface area contributed by atoms with Gasteiger partial charge in [0, 0.05) is 0 Å². The van der Waals surface area contributed by atoms with Crippen molar-refractivity contribution in [2.45, 2.75) is 20.0 Å². The van der Waals surface area contributed by atoms with Crippen LogP contribution in [0.4, 0.5) is 10.5 Å². The average Bonchev–Trinajstić information content (AvgIpc) is 2.94. The Morgan fingerprint density at radius 1 is 0.816 bits per heavy atom. The number of barbiturate groups is 1. The fourth-order valence-corrected chi connectivity index (χ4v) is 4.32. The van der Waals surface area contributed by atoms with Gasteiger partial charge in [0.1, 0.15) is 12.2 Å². The third-order valence-corrected chi connectivity index (χ3v) is 6.41. The van der Waals surface area contributed by atoms with E-state index < -0.39 is 17.8 Å². The largest absolute Gasteiger partial charge is 0.493 e. The van der Waals surface area contributed by atoms with E-state index in [1.807, 2.05) is 37.3 Å². The topological polar surface area (TPSA) is 84.9 Å². The van der Waals surface area contributed by atoms with Gasteiger partial charge < -0.3 is 9.47 Å². The number of imide groups is 2. The second-order valence-corrected chi connectivity index (χ2v) is 8.86. The molecule has 0 atom stereocenters. The van der Waals surface area contributed by atoms with Crippen molar-refractivity contribution < 1.29 is 23.9 Å². The maximum absolute atomic E-state index is 13.2. The summed E-state index contributed by atoms with van der Waals surface area (Å²) in [4.78, 5) is 39.2. The summed E-state index contributed by atoms with van der Waals surface area (Å²) >= 11 is 0. The molecule has 0 radical (unpaired) electrons. The maximum Gasteiger partial charge on any atom is 0.335 e. The van der Waals surface area contributed by atoms with Crippen molar-refractivity contribution in [1.29, 1.82) is 0 Å². The predicted molar refractivity (Wildman–Crippen MR) is 146 cm³/mol. The second kappa shape index (κ2) is 10.6. The van der Waals surface area contributed by atoms with Gasteiger partial charge in [-0.3, -0.25) is 14.9 Å². The van der Waals surface area contributed by atoms with Crippen LogP contribution in [0.15, 0.2) is 90.5 Å². The first-order valence-electron chi connectivity index (χ1n) is 12.3. The first-order chi connectivity index (χ1) is 18.5. The monoisotopic (exact) mass is 506 g/mol. The molecule has 1 N–H and O–H groups in total. The van der Waals surface area contributed by atoms with E-state index in [1.165, 1.54) is 13.2 Å². The number of methoxy groups -OCH3 is 1. The molecule has 1 saturated heterocycles. The van der Waals surface area contributed by atoms with Crippen LogP contribution in [0.3, 0.4) is 0 Å². The summed E-state index contributed by atoms with van der Waals surface area (Å²) in [6, 6.07) is 25.7. The number of carbonyl (C=O) groups is 3. The molecule has 4 amide bonds. The molecular weight excluding hydrogens is 480 g/mol. The smallest absolute Gasteiger partial charge is 0.335 e. The lowest BCUT2D eigenvalue weighted by atomic mass is 10.1. The highest BCUT2D eigenvalue weighted by molar-refractivity contribution is 6.39. The minimum atomic E-state index is -0.781. The van der Waals surface area contributed by atoms with E-state index >= 15 is 0 Å². The summed E-state index contributed by atoms with van der Waals surface area (Å²) in [5.41, 5.74) is 2.86. The molecule has 7 nitrogen and oxygen atoms in total. The molecule has 38 heavy (non-hydrogen) atoms. The number of benzene rings is 4. The highest BCUT2D eigenvalue weighted by atomic mass is 16.5. The van der Waals surface area contributed by atoms with Crippen molar-refractivity contribution in [1.82, 2.24) is 5.32 Å². The van der Waals surface area contributed by atoms with Crippen LogP contribution in [0, 0.1) is 0 Å². The number of amides is 4. The van der Waals surface area contributed by atoms with Crippen molar-refractivity contribution >= 4 is 40.4 Å². The molecule has 0 spiro atoms. The number of fused-ring (bicyclic) bond motifs is 1. The molecule has 0 unspecified atom stereocenters. The molecule has 1 heterocycles. The van der Waals surface area contributed by atoms with E-state index in [9.17, 15) is 14.4 Å². The molecule has 0 aliphatic carbocycles. The lowest BCUT2D eigenvalue weighted by molar-refractivity contribution is -0.122. The zero-order valence-corrected chi connectivity index (χ0v) is 21.1. The molecule has 4 aromatic rings. The van der Waals surface area contributed by atoms with Crippen LogP contribution in [0.1, 0.15) is 23.6 Å². The normalized spacial score (nSPS) is 14.6. The fraction of sp³-hybridized carbons (Fsp3) is 0.129. The minimum absolute atomic E-state index is 0.156. The predicted octanol–water partition coefficient (Wildman–Crippen LogP) is 5.66. The first kappa shape index (κ1) is 24.8. The standard InChI is InChI=1S/C31H26N2O5/c1-3-20-9-13-25(14-10-20)33-30(35)26(29(34)32-31(33)36)17-21-11-15-27(28(18-21)37-2)38-19-22-8-12-23-6-4-5-7-24(23)16-22/h4-18H,3,19H2,1-2H3,(H,32,34,36)/b26-17-. The number of urea groups is 1. The number of hydrogen-bond donors (Lipinski definition) is 1. The molecule has 5 rings (SSSR count). The van der Waals surface area contributed by atoms with Gasteiger partial charge in [-0.15, -0.1) is 0 Å². The number of nitrogens with zero attached hydrogens (tertiary/aromatic N) is 1. The van der Waals surface area contributed by atoms with Crippen molar-refractivity contribution in [3.63, 3.8) is 0 Å². The highest BCUT2D eigenvalue weighted by Gasteiger charge is 2.36. The van der Waals surface area contributed by atoms with Gasteiger partial charge in [-0.25, -0.2) is 9.69 Å².